The first-order chi connectivity index (χ1) is 16.4. The van der Waals surface area contributed by atoms with Gasteiger partial charge >= 0.3 is 0 Å². The molecular formula is C28H29FN2O3. The van der Waals surface area contributed by atoms with Gasteiger partial charge in [0, 0.05) is 28.8 Å². The summed E-state index contributed by atoms with van der Waals surface area (Å²) in [4.78, 5) is 25.7. The highest BCUT2D eigenvalue weighted by Gasteiger charge is 2.38. The summed E-state index contributed by atoms with van der Waals surface area (Å²) in [7, 11) is 1.67. The Bertz CT molecular complexity index is 1200. The minimum Gasteiger partial charge on any atom is -0.496 e. The largest absolute Gasteiger partial charge is 0.496 e. The molecule has 0 aliphatic heterocycles. The summed E-state index contributed by atoms with van der Waals surface area (Å²) < 4.78 is 19.6. The van der Waals surface area contributed by atoms with E-state index >= 15 is 0 Å². The van der Waals surface area contributed by atoms with E-state index in [0.29, 0.717) is 17.8 Å². The molecule has 2 N–H and O–H groups in total. The number of amides is 2. The topological polar surface area (TPSA) is 67.4 Å². The molecule has 3 aromatic rings. The highest BCUT2D eigenvalue weighted by molar-refractivity contribution is 6.05. The molecule has 1 saturated carbocycles. The number of ether oxygens (including phenoxy) is 1. The Hall–Kier alpha value is -3.67. The molecule has 0 bridgehead atoms. The first-order valence-corrected chi connectivity index (χ1v) is 11.5. The molecule has 1 aliphatic rings. The van der Waals surface area contributed by atoms with Crippen LogP contribution in [0.5, 0.6) is 5.75 Å². The molecule has 0 heterocycles. The maximum Gasteiger partial charge on any atom is 0.258 e. The third-order valence-electron chi connectivity index (χ3n) is 6.69. The van der Waals surface area contributed by atoms with Crippen molar-refractivity contribution in [3.63, 3.8) is 0 Å². The van der Waals surface area contributed by atoms with Crippen molar-refractivity contribution in [1.82, 2.24) is 5.32 Å². The van der Waals surface area contributed by atoms with Gasteiger partial charge in [-0.15, -0.1) is 0 Å². The van der Waals surface area contributed by atoms with E-state index in [9.17, 15) is 14.0 Å². The molecule has 0 aromatic heterocycles. The number of nitrogens with one attached hydrogen (secondary N) is 2. The van der Waals surface area contributed by atoms with Crippen molar-refractivity contribution < 1.29 is 18.7 Å². The van der Waals surface area contributed by atoms with Gasteiger partial charge in [0.2, 0.25) is 0 Å². The number of anilines is 1. The number of para-hydroxylation sites is 1. The number of rotatable bonds is 7. The third kappa shape index (κ3) is 4.81. The van der Waals surface area contributed by atoms with Crippen LogP contribution in [0.1, 0.15) is 57.5 Å². The van der Waals surface area contributed by atoms with Gasteiger partial charge in [-0.25, -0.2) is 4.39 Å². The first kappa shape index (κ1) is 23.5. The number of aryl methyl sites for hydroxylation is 1. The molecule has 34 heavy (non-hydrogen) atoms. The number of hydrogen-bond donors (Lipinski definition) is 2. The standard InChI is InChI=1S/C28H29FN2O3/c1-19-13-14-20(17-24(19)31-27(33)21-9-3-5-11-23(21)29)26(32)30-18-28(15-7-8-16-28)22-10-4-6-12-25(22)34-2/h3-6,9-14,17H,7-8,15-16,18H2,1-2H3,(H,30,32)(H,31,33). The SMILES string of the molecule is COc1ccccc1C1(CNC(=O)c2ccc(C)c(NC(=O)c3ccccc3F)c2)CCCC1. The highest BCUT2D eigenvalue weighted by Crippen LogP contribution is 2.44. The lowest BCUT2D eigenvalue weighted by Crippen LogP contribution is -2.39. The number of hydrogen-bond acceptors (Lipinski definition) is 3. The quantitative estimate of drug-likeness (QED) is 0.480. The van der Waals surface area contributed by atoms with Crippen LogP contribution >= 0.6 is 0 Å². The fraction of sp³-hybridized carbons (Fsp3) is 0.286. The van der Waals surface area contributed by atoms with E-state index < -0.39 is 11.7 Å². The van der Waals surface area contributed by atoms with Gasteiger partial charge in [-0.1, -0.05) is 49.2 Å². The van der Waals surface area contributed by atoms with Crippen LogP contribution in [-0.2, 0) is 5.41 Å². The second kappa shape index (κ2) is 10.1. The lowest BCUT2D eigenvalue weighted by Gasteiger charge is -2.31. The number of carbonyl (C=O) groups is 2. The summed E-state index contributed by atoms with van der Waals surface area (Å²) >= 11 is 0. The number of benzene rings is 3. The Kier molecular flexibility index (Phi) is 6.96. The Morgan fingerprint density at radius 2 is 1.68 bits per heavy atom. The van der Waals surface area contributed by atoms with Crippen LogP contribution in [0.2, 0.25) is 0 Å². The maximum absolute atomic E-state index is 14.0. The van der Waals surface area contributed by atoms with Crippen molar-refractivity contribution in [3.05, 3.63) is 94.8 Å². The van der Waals surface area contributed by atoms with Crippen LogP contribution in [0.3, 0.4) is 0 Å². The number of methoxy groups -OCH3 is 1. The van der Waals surface area contributed by atoms with Gasteiger partial charge < -0.3 is 15.4 Å². The molecule has 5 nitrogen and oxygen atoms in total. The van der Waals surface area contributed by atoms with Gasteiger partial charge in [-0.2, -0.15) is 0 Å². The van der Waals surface area contributed by atoms with Crippen molar-refractivity contribution in [2.24, 2.45) is 0 Å². The van der Waals surface area contributed by atoms with Gasteiger partial charge in [0.15, 0.2) is 0 Å². The normalized spacial score (nSPS) is 14.4. The maximum atomic E-state index is 14.0. The molecule has 1 aliphatic carbocycles. The molecule has 1 fully saturated rings. The number of halogens is 1. The van der Waals surface area contributed by atoms with E-state index in [2.05, 4.69) is 16.7 Å². The average Bonchev–Trinajstić information content (AvgIpc) is 3.34. The lowest BCUT2D eigenvalue weighted by atomic mass is 9.78. The molecule has 4 rings (SSSR count). The van der Waals surface area contributed by atoms with Gasteiger partial charge in [-0.05, 0) is 55.7 Å². The molecule has 176 valence electrons. The van der Waals surface area contributed by atoms with Gasteiger partial charge in [-0.3, -0.25) is 9.59 Å². The van der Waals surface area contributed by atoms with Gasteiger partial charge in [0.05, 0.1) is 12.7 Å². The zero-order chi connectivity index (χ0) is 24.1. The van der Waals surface area contributed by atoms with Gasteiger partial charge in [0.25, 0.3) is 11.8 Å². The summed E-state index contributed by atoms with van der Waals surface area (Å²) in [6.07, 6.45) is 4.16. The molecule has 0 unspecified atom stereocenters. The van der Waals surface area contributed by atoms with Crippen LogP contribution in [0.25, 0.3) is 0 Å². The van der Waals surface area contributed by atoms with Crippen molar-refractivity contribution >= 4 is 17.5 Å². The van der Waals surface area contributed by atoms with Crippen LogP contribution in [-0.4, -0.2) is 25.5 Å². The van der Waals surface area contributed by atoms with E-state index in [0.717, 1.165) is 42.6 Å². The van der Waals surface area contributed by atoms with Crippen LogP contribution in [0.4, 0.5) is 10.1 Å². The third-order valence-corrected chi connectivity index (χ3v) is 6.69. The predicted molar refractivity (Wildman–Crippen MR) is 131 cm³/mol. The first-order valence-electron chi connectivity index (χ1n) is 11.5. The van der Waals surface area contributed by atoms with Crippen molar-refractivity contribution in [1.29, 1.82) is 0 Å². The second-order valence-corrected chi connectivity index (χ2v) is 8.83. The minimum atomic E-state index is -0.593. The van der Waals surface area contributed by atoms with Gasteiger partial charge in [0.1, 0.15) is 11.6 Å². The summed E-state index contributed by atoms with van der Waals surface area (Å²) in [5, 5.41) is 5.84. The smallest absolute Gasteiger partial charge is 0.258 e. The molecule has 0 spiro atoms. The van der Waals surface area contributed by atoms with Crippen molar-refractivity contribution in [2.75, 3.05) is 19.0 Å². The molecule has 3 aromatic carbocycles. The molecule has 0 atom stereocenters. The van der Waals surface area contributed by atoms with Crippen LogP contribution in [0, 0.1) is 12.7 Å². The monoisotopic (exact) mass is 460 g/mol. The Balaban J connectivity index is 1.51. The van der Waals surface area contributed by atoms with Crippen LogP contribution < -0.4 is 15.4 Å². The number of carbonyl (C=O) groups excluding carboxylic acids is 2. The average molecular weight is 461 g/mol. The molecule has 2 amide bonds. The fourth-order valence-corrected chi connectivity index (χ4v) is 4.76. The minimum absolute atomic E-state index is 0.0447. The summed E-state index contributed by atoms with van der Waals surface area (Å²) in [6, 6.07) is 18.9. The van der Waals surface area contributed by atoms with E-state index in [-0.39, 0.29) is 16.9 Å². The predicted octanol–water partition coefficient (Wildman–Crippen LogP) is 5.64. The molecular weight excluding hydrogens is 431 g/mol. The Morgan fingerprint density at radius 3 is 2.41 bits per heavy atom. The van der Waals surface area contributed by atoms with E-state index in [1.54, 1.807) is 31.4 Å². The second-order valence-electron chi connectivity index (χ2n) is 8.83. The van der Waals surface area contributed by atoms with Crippen molar-refractivity contribution in [2.45, 2.75) is 38.0 Å². The van der Waals surface area contributed by atoms with E-state index in [1.807, 2.05) is 25.1 Å². The fourth-order valence-electron chi connectivity index (χ4n) is 4.76. The van der Waals surface area contributed by atoms with E-state index in [4.69, 9.17) is 4.74 Å². The Morgan fingerprint density at radius 1 is 0.971 bits per heavy atom. The lowest BCUT2D eigenvalue weighted by molar-refractivity contribution is 0.0941. The zero-order valence-electron chi connectivity index (χ0n) is 19.5. The Labute approximate surface area is 199 Å². The van der Waals surface area contributed by atoms with Crippen LogP contribution in [0.15, 0.2) is 66.7 Å². The molecule has 0 saturated heterocycles. The van der Waals surface area contributed by atoms with E-state index in [1.165, 1.54) is 18.2 Å². The highest BCUT2D eigenvalue weighted by atomic mass is 19.1. The summed E-state index contributed by atoms with van der Waals surface area (Å²) in [5.41, 5.74) is 2.59. The zero-order valence-corrected chi connectivity index (χ0v) is 19.5. The summed E-state index contributed by atoms with van der Waals surface area (Å²) in [5.74, 6) is -0.528. The molecule has 0 radical (unpaired) electrons. The molecule has 6 heteroatoms. The summed E-state index contributed by atoms with van der Waals surface area (Å²) in [6.45, 7) is 2.32. The van der Waals surface area contributed by atoms with Crippen molar-refractivity contribution in [3.8, 4) is 5.75 Å².